The average molecular weight is 266 g/mol. The molecule has 2 heterocycles. The van der Waals surface area contributed by atoms with E-state index in [0.717, 1.165) is 38.1 Å². The molecular formula is C13H18N2O2S. The maximum atomic E-state index is 12.1. The lowest BCUT2D eigenvalue weighted by atomic mass is 9.71. The van der Waals surface area contributed by atoms with Crippen molar-refractivity contribution in [3.8, 4) is 0 Å². The Labute approximate surface area is 108 Å². The Morgan fingerprint density at radius 3 is 2.78 bits per heavy atom. The summed E-state index contributed by atoms with van der Waals surface area (Å²) >= 11 is 0. The van der Waals surface area contributed by atoms with Gasteiger partial charge in [-0.05, 0) is 31.5 Å². The van der Waals surface area contributed by atoms with Crippen LogP contribution in [0, 0.1) is 5.41 Å². The molecule has 18 heavy (non-hydrogen) atoms. The van der Waals surface area contributed by atoms with Gasteiger partial charge in [0, 0.05) is 23.8 Å². The zero-order valence-electron chi connectivity index (χ0n) is 10.5. The van der Waals surface area contributed by atoms with Crippen LogP contribution in [-0.2, 0) is 9.84 Å². The Hall–Kier alpha value is -0.940. The van der Waals surface area contributed by atoms with Crippen LogP contribution in [0.5, 0.6) is 0 Å². The van der Waals surface area contributed by atoms with Crippen molar-refractivity contribution in [2.75, 3.05) is 19.3 Å². The van der Waals surface area contributed by atoms with Crippen LogP contribution in [0.25, 0.3) is 0 Å². The van der Waals surface area contributed by atoms with E-state index >= 15 is 0 Å². The first-order chi connectivity index (χ1) is 8.54. The molecule has 0 aromatic rings. The highest BCUT2D eigenvalue weighted by Crippen LogP contribution is 2.49. The second-order valence-electron chi connectivity index (χ2n) is 5.38. The monoisotopic (exact) mass is 266 g/mol. The number of hydrogen-bond acceptors (Lipinski definition) is 4. The van der Waals surface area contributed by atoms with Gasteiger partial charge in [0.25, 0.3) is 0 Å². The zero-order valence-corrected chi connectivity index (χ0v) is 11.3. The molecule has 1 aliphatic carbocycles. The van der Waals surface area contributed by atoms with Crippen molar-refractivity contribution in [3.63, 3.8) is 0 Å². The van der Waals surface area contributed by atoms with Crippen LogP contribution in [0.4, 0.5) is 0 Å². The number of fused-ring (bicyclic) bond motifs is 2. The third-order valence-corrected chi connectivity index (χ3v) is 5.57. The van der Waals surface area contributed by atoms with Gasteiger partial charge in [0.05, 0.1) is 0 Å². The number of nitrogens with one attached hydrogen (secondary N) is 1. The third kappa shape index (κ3) is 1.68. The maximum absolute atomic E-state index is 12.1. The molecule has 98 valence electrons. The molecule has 1 spiro atoms. The van der Waals surface area contributed by atoms with Gasteiger partial charge in [0.15, 0.2) is 15.2 Å². The average Bonchev–Trinajstić information content (AvgIpc) is 2.66. The van der Waals surface area contributed by atoms with Gasteiger partial charge in [0.2, 0.25) is 0 Å². The van der Waals surface area contributed by atoms with Crippen molar-refractivity contribution in [2.45, 2.75) is 24.6 Å². The molecule has 5 heteroatoms. The van der Waals surface area contributed by atoms with Gasteiger partial charge in [0.1, 0.15) is 0 Å². The summed E-state index contributed by atoms with van der Waals surface area (Å²) in [5.41, 5.74) is 1.87. The largest absolute Gasteiger partial charge is 0.317 e. The quantitative estimate of drug-likeness (QED) is 0.772. The summed E-state index contributed by atoms with van der Waals surface area (Å²) in [5, 5.41) is 2.74. The van der Waals surface area contributed by atoms with E-state index in [1.54, 1.807) is 0 Å². The summed E-state index contributed by atoms with van der Waals surface area (Å²) in [6.07, 6.45) is 9.95. The summed E-state index contributed by atoms with van der Waals surface area (Å²) in [5.74, 6) is 0. The van der Waals surface area contributed by atoms with Crippen molar-refractivity contribution < 1.29 is 8.42 Å². The second-order valence-corrected chi connectivity index (χ2v) is 7.48. The fraction of sp³-hybridized carbons (Fsp3) is 0.615. The van der Waals surface area contributed by atoms with Gasteiger partial charge in [-0.15, -0.1) is 0 Å². The highest BCUT2D eigenvalue weighted by atomic mass is 32.2. The standard InChI is InChI=1S/C13H18N2O2S/c1-18(16,17)12-13(6-8-14-9-7-13)10-4-2-3-5-11(10)15-12/h2-4,12,14H,5-9H2,1H3. The Bertz CT molecular complexity index is 552. The predicted molar refractivity (Wildman–Crippen MR) is 72.4 cm³/mol. The highest BCUT2D eigenvalue weighted by molar-refractivity contribution is 7.91. The van der Waals surface area contributed by atoms with Crippen molar-refractivity contribution >= 4 is 15.5 Å². The molecule has 4 nitrogen and oxygen atoms in total. The van der Waals surface area contributed by atoms with Crippen LogP contribution >= 0.6 is 0 Å². The van der Waals surface area contributed by atoms with Crippen LogP contribution in [0.2, 0.25) is 0 Å². The smallest absolute Gasteiger partial charge is 0.171 e. The summed E-state index contributed by atoms with van der Waals surface area (Å²) in [4.78, 5) is 4.54. The first kappa shape index (κ1) is 12.1. The van der Waals surface area contributed by atoms with Crippen LogP contribution in [0.1, 0.15) is 19.3 Å². The van der Waals surface area contributed by atoms with Crippen molar-refractivity contribution in [1.82, 2.24) is 5.32 Å². The van der Waals surface area contributed by atoms with Gasteiger partial charge in [-0.2, -0.15) is 0 Å². The van der Waals surface area contributed by atoms with Crippen molar-refractivity contribution in [3.05, 3.63) is 23.8 Å². The molecule has 0 aromatic carbocycles. The number of hydrogen-bond donors (Lipinski definition) is 1. The molecule has 0 saturated carbocycles. The Balaban J connectivity index is 2.12. The van der Waals surface area contributed by atoms with E-state index in [1.165, 1.54) is 11.8 Å². The minimum absolute atomic E-state index is 0.279. The van der Waals surface area contributed by atoms with E-state index in [0.29, 0.717) is 0 Å². The van der Waals surface area contributed by atoms with E-state index < -0.39 is 15.2 Å². The lowest BCUT2D eigenvalue weighted by molar-refractivity contribution is 0.261. The Kier molecular flexibility index (Phi) is 2.71. The molecule has 0 bridgehead atoms. The molecule has 2 aliphatic heterocycles. The second kappa shape index (κ2) is 4.03. The number of nitrogens with zero attached hydrogens (tertiary/aromatic N) is 1. The lowest BCUT2D eigenvalue weighted by Crippen LogP contribution is -2.46. The first-order valence-electron chi connectivity index (χ1n) is 6.38. The fourth-order valence-corrected chi connectivity index (χ4v) is 4.92. The number of rotatable bonds is 1. The van der Waals surface area contributed by atoms with E-state index in [9.17, 15) is 8.42 Å². The molecule has 0 aromatic heterocycles. The van der Waals surface area contributed by atoms with Gasteiger partial charge in [-0.1, -0.05) is 18.2 Å². The molecule has 1 N–H and O–H groups in total. The number of sulfone groups is 1. The molecule has 0 amide bonds. The fourth-order valence-electron chi connectivity index (χ4n) is 3.42. The van der Waals surface area contributed by atoms with Gasteiger partial charge < -0.3 is 5.32 Å². The first-order valence-corrected chi connectivity index (χ1v) is 8.33. The summed E-state index contributed by atoms with van der Waals surface area (Å²) in [6, 6.07) is 0. The molecule has 0 radical (unpaired) electrons. The summed E-state index contributed by atoms with van der Waals surface area (Å²) < 4.78 is 24.2. The molecule has 1 unspecified atom stereocenters. The molecule has 3 aliphatic rings. The molecule has 3 rings (SSSR count). The normalized spacial score (nSPS) is 29.9. The lowest BCUT2D eigenvalue weighted by Gasteiger charge is -2.39. The summed E-state index contributed by atoms with van der Waals surface area (Å²) in [7, 11) is -3.15. The number of piperidine rings is 1. The third-order valence-electron chi connectivity index (χ3n) is 4.20. The van der Waals surface area contributed by atoms with Crippen LogP contribution in [-0.4, -0.2) is 38.8 Å². The number of aliphatic imine (C=N–C) groups is 1. The minimum atomic E-state index is -3.15. The molecular weight excluding hydrogens is 248 g/mol. The van der Waals surface area contributed by atoms with Crippen LogP contribution in [0.15, 0.2) is 28.8 Å². The van der Waals surface area contributed by atoms with Crippen LogP contribution in [0.3, 0.4) is 0 Å². The Morgan fingerprint density at radius 1 is 1.39 bits per heavy atom. The van der Waals surface area contributed by atoms with Crippen LogP contribution < -0.4 is 5.32 Å². The van der Waals surface area contributed by atoms with Crippen molar-refractivity contribution in [1.29, 1.82) is 0 Å². The maximum Gasteiger partial charge on any atom is 0.171 e. The van der Waals surface area contributed by atoms with Gasteiger partial charge >= 0.3 is 0 Å². The molecule has 1 atom stereocenters. The Morgan fingerprint density at radius 2 is 2.11 bits per heavy atom. The molecule has 1 fully saturated rings. The topological polar surface area (TPSA) is 58.5 Å². The summed E-state index contributed by atoms with van der Waals surface area (Å²) in [6.45, 7) is 1.74. The SMILES string of the molecule is CS(=O)(=O)C1N=C2CC=CC=C2C12CCNCC2. The van der Waals surface area contributed by atoms with E-state index in [1.807, 2.05) is 12.2 Å². The van der Waals surface area contributed by atoms with Gasteiger partial charge in [-0.25, -0.2) is 8.42 Å². The zero-order chi connectivity index (χ0) is 12.8. The van der Waals surface area contributed by atoms with E-state index in [2.05, 4.69) is 16.4 Å². The van der Waals surface area contributed by atoms with Crippen molar-refractivity contribution in [2.24, 2.45) is 10.4 Å². The molecule has 1 saturated heterocycles. The van der Waals surface area contributed by atoms with E-state index in [-0.39, 0.29) is 5.41 Å². The number of allylic oxidation sites excluding steroid dienone is 3. The highest BCUT2D eigenvalue weighted by Gasteiger charge is 2.52. The predicted octanol–water partition coefficient (Wildman–Crippen LogP) is 1.07. The van der Waals surface area contributed by atoms with Gasteiger partial charge in [-0.3, -0.25) is 4.99 Å². The van der Waals surface area contributed by atoms with E-state index in [4.69, 9.17) is 0 Å². The minimum Gasteiger partial charge on any atom is -0.317 e.